The number of carbonyl (C=O) groups is 1. The molecular weight excluding hydrogens is 382 g/mol. The Morgan fingerprint density at radius 2 is 1.67 bits per heavy atom. The van der Waals surface area contributed by atoms with Crippen molar-refractivity contribution >= 4 is 16.8 Å². The standard InChI is InChI=1S/C14H13N3O3.C8H8N2/c18-11-8-15-17-7-6-16(14(20)12(17)13(11)19)9-10-4-2-1-3-5-10;1-10-8-5-3-2-4-7(8)6-9-10/h1-5,8,19H,6-7,9H2;2-6H,1H3. The van der Waals surface area contributed by atoms with Gasteiger partial charge in [-0.3, -0.25) is 19.0 Å². The zero-order valence-corrected chi connectivity index (χ0v) is 16.5. The summed E-state index contributed by atoms with van der Waals surface area (Å²) in [4.78, 5) is 25.4. The monoisotopic (exact) mass is 403 g/mol. The molecule has 0 saturated carbocycles. The van der Waals surface area contributed by atoms with Gasteiger partial charge in [0.2, 0.25) is 5.43 Å². The number of benzene rings is 2. The summed E-state index contributed by atoms with van der Waals surface area (Å²) in [6.45, 7) is 1.40. The van der Waals surface area contributed by atoms with E-state index < -0.39 is 11.2 Å². The largest absolute Gasteiger partial charge is 0.502 e. The second-order valence-corrected chi connectivity index (χ2v) is 6.97. The number of carbonyl (C=O) groups excluding carboxylic acids is 1. The zero-order chi connectivity index (χ0) is 21.1. The SMILES string of the molecule is Cn1ncc2ccccc21.O=C1c2c(O)c(=O)cnn2CCN1Cc1ccccc1. The van der Waals surface area contributed by atoms with Gasteiger partial charge in [-0.05, 0) is 11.6 Å². The number of hydrogen-bond donors (Lipinski definition) is 1. The lowest BCUT2D eigenvalue weighted by atomic mass is 10.2. The molecule has 2 aromatic carbocycles. The third kappa shape index (κ3) is 3.80. The molecule has 5 rings (SSSR count). The van der Waals surface area contributed by atoms with Gasteiger partial charge in [-0.25, -0.2) is 0 Å². The molecule has 2 aromatic heterocycles. The second-order valence-electron chi connectivity index (χ2n) is 6.97. The average molecular weight is 403 g/mol. The van der Waals surface area contributed by atoms with E-state index >= 15 is 0 Å². The molecular formula is C22H21N5O3. The summed E-state index contributed by atoms with van der Waals surface area (Å²) in [5.41, 5.74) is 1.52. The summed E-state index contributed by atoms with van der Waals surface area (Å²) >= 11 is 0. The lowest BCUT2D eigenvalue weighted by Gasteiger charge is -2.29. The number of aromatic hydroxyl groups is 1. The number of para-hydroxylation sites is 1. The lowest BCUT2D eigenvalue weighted by Crippen LogP contribution is -2.41. The van der Waals surface area contributed by atoms with Crippen LogP contribution >= 0.6 is 0 Å². The minimum atomic E-state index is -0.633. The molecule has 8 nitrogen and oxygen atoms in total. The highest BCUT2D eigenvalue weighted by Gasteiger charge is 2.28. The summed E-state index contributed by atoms with van der Waals surface area (Å²) in [7, 11) is 1.95. The van der Waals surface area contributed by atoms with Crippen LogP contribution in [0.25, 0.3) is 10.9 Å². The maximum absolute atomic E-state index is 12.4. The topological polar surface area (TPSA) is 93.2 Å². The lowest BCUT2D eigenvalue weighted by molar-refractivity contribution is 0.0673. The van der Waals surface area contributed by atoms with Crippen LogP contribution in [0.1, 0.15) is 16.1 Å². The Bertz CT molecular complexity index is 1250. The van der Waals surface area contributed by atoms with Crippen molar-refractivity contribution in [3.05, 3.63) is 88.5 Å². The molecule has 4 aromatic rings. The maximum atomic E-state index is 12.4. The summed E-state index contributed by atoms with van der Waals surface area (Å²) in [6, 6.07) is 17.7. The highest BCUT2D eigenvalue weighted by Crippen LogP contribution is 2.19. The normalized spacial score (nSPS) is 13.0. The highest BCUT2D eigenvalue weighted by molar-refractivity contribution is 5.95. The van der Waals surface area contributed by atoms with Crippen molar-refractivity contribution in [2.75, 3.05) is 6.54 Å². The molecule has 1 aliphatic rings. The van der Waals surface area contributed by atoms with Crippen molar-refractivity contribution in [1.82, 2.24) is 24.5 Å². The van der Waals surface area contributed by atoms with Crippen LogP contribution in [0, 0.1) is 0 Å². The number of aryl methyl sites for hydroxylation is 1. The first-order valence-corrected chi connectivity index (χ1v) is 9.53. The van der Waals surface area contributed by atoms with Crippen LogP contribution in [0.5, 0.6) is 5.75 Å². The van der Waals surface area contributed by atoms with Gasteiger partial charge in [0.25, 0.3) is 5.91 Å². The smallest absolute Gasteiger partial charge is 0.276 e. The summed E-state index contributed by atoms with van der Waals surface area (Å²) < 4.78 is 3.25. The van der Waals surface area contributed by atoms with Crippen LogP contribution in [0.15, 0.2) is 71.8 Å². The molecule has 1 aliphatic heterocycles. The van der Waals surface area contributed by atoms with Gasteiger partial charge in [-0.1, -0.05) is 48.5 Å². The predicted octanol–water partition coefficient (Wildman–Crippen LogP) is 2.18. The van der Waals surface area contributed by atoms with Gasteiger partial charge >= 0.3 is 0 Å². The predicted molar refractivity (Wildman–Crippen MR) is 112 cm³/mol. The van der Waals surface area contributed by atoms with Crippen molar-refractivity contribution in [3.8, 4) is 5.75 Å². The third-order valence-electron chi connectivity index (χ3n) is 4.97. The van der Waals surface area contributed by atoms with Gasteiger partial charge in [0, 0.05) is 25.5 Å². The molecule has 0 saturated heterocycles. The van der Waals surface area contributed by atoms with E-state index in [9.17, 15) is 14.7 Å². The molecule has 1 N–H and O–H groups in total. The zero-order valence-electron chi connectivity index (χ0n) is 16.5. The first-order valence-electron chi connectivity index (χ1n) is 9.53. The average Bonchev–Trinajstić information content (AvgIpc) is 3.15. The summed E-state index contributed by atoms with van der Waals surface area (Å²) in [5.74, 6) is -0.898. The molecule has 8 heteroatoms. The van der Waals surface area contributed by atoms with E-state index in [1.165, 1.54) is 15.6 Å². The van der Waals surface area contributed by atoms with Gasteiger partial charge < -0.3 is 10.0 Å². The molecule has 0 spiro atoms. The maximum Gasteiger partial charge on any atom is 0.276 e. The molecule has 0 aliphatic carbocycles. The van der Waals surface area contributed by atoms with Crippen LogP contribution in [0.3, 0.4) is 0 Å². The number of hydrogen-bond acceptors (Lipinski definition) is 5. The molecule has 0 fully saturated rings. The van der Waals surface area contributed by atoms with Crippen molar-refractivity contribution < 1.29 is 9.90 Å². The first-order chi connectivity index (χ1) is 14.5. The number of fused-ring (bicyclic) bond motifs is 2. The number of rotatable bonds is 2. The molecule has 1 amide bonds. The third-order valence-corrected chi connectivity index (χ3v) is 4.97. The van der Waals surface area contributed by atoms with E-state index in [1.807, 2.05) is 60.4 Å². The number of aromatic nitrogens is 4. The minimum Gasteiger partial charge on any atom is -0.502 e. The molecule has 0 bridgehead atoms. The Labute approximate surface area is 172 Å². The fourth-order valence-corrected chi connectivity index (χ4v) is 3.38. The van der Waals surface area contributed by atoms with Crippen LogP contribution < -0.4 is 5.43 Å². The van der Waals surface area contributed by atoms with E-state index in [0.29, 0.717) is 19.6 Å². The first kappa shape index (κ1) is 19.4. The van der Waals surface area contributed by atoms with Crippen LogP contribution in [0.4, 0.5) is 0 Å². The molecule has 0 radical (unpaired) electrons. The Morgan fingerprint density at radius 1 is 0.933 bits per heavy atom. The quantitative estimate of drug-likeness (QED) is 0.554. The molecule has 3 heterocycles. The van der Waals surface area contributed by atoms with Gasteiger partial charge in [-0.15, -0.1) is 0 Å². The van der Waals surface area contributed by atoms with Gasteiger partial charge in [-0.2, -0.15) is 10.2 Å². The molecule has 152 valence electrons. The highest BCUT2D eigenvalue weighted by atomic mass is 16.3. The van der Waals surface area contributed by atoms with Crippen LogP contribution in [-0.4, -0.2) is 42.0 Å². The molecule has 30 heavy (non-hydrogen) atoms. The van der Waals surface area contributed by atoms with Gasteiger partial charge in [0.1, 0.15) is 0 Å². The number of nitrogens with zero attached hydrogens (tertiary/aromatic N) is 5. The van der Waals surface area contributed by atoms with Gasteiger partial charge in [0.15, 0.2) is 11.4 Å². The summed E-state index contributed by atoms with van der Waals surface area (Å²) in [5, 5.41) is 19.0. The van der Waals surface area contributed by atoms with Crippen molar-refractivity contribution in [3.63, 3.8) is 0 Å². The van der Waals surface area contributed by atoms with Crippen molar-refractivity contribution in [2.45, 2.75) is 13.1 Å². The van der Waals surface area contributed by atoms with E-state index in [-0.39, 0.29) is 11.6 Å². The van der Waals surface area contributed by atoms with E-state index in [2.05, 4.69) is 22.3 Å². The Kier molecular flexibility index (Phi) is 5.30. The van der Waals surface area contributed by atoms with E-state index in [4.69, 9.17) is 0 Å². The Hall–Kier alpha value is -3.94. The van der Waals surface area contributed by atoms with Gasteiger partial charge in [0.05, 0.1) is 24.5 Å². The minimum absolute atomic E-state index is 0.0281. The van der Waals surface area contributed by atoms with Crippen molar-refractivity contribution in [1.29, 1.82) is 0 Å². The van der Waals surface area contributed by atoms with Crippen LogP contribution in [0.2, 0.25) is 0 Å². The fraction of sp³-hybridized carbons (Fsp3) is 0.182. The molecule has 0 atom stereocenters. The Balaban J connectivity index is 0.000000181. The fourth-order valence-electron chi connectivity index (χ4n) is 3.38. The molecule has 0 unspecified atom stereocenters. The van der Waals surface area contributed by atoms with E-state index in [1.54, 1.807) is 4.90 Å². The Morgan fingerprint density at radius 3 is 2.43 bits per heavy atom. The van der Waals surface area contributed by atoms with Crippen molar-refractivity contribution in [2.24, 2.45) is 7.05 Å². The summed E-state index contributed by atoms with van der Waals surface area (Å²) in [6.07, 6.45) is 2.90. The second kappa shape index (κ2) is 8.20. The number of amides is 1. The van der Waals surface area contributed by atoms with Crippen LogP contribution in [-0.2, 0) is 20.1 Å². The van der Waals surface area contributed by atoms with E-state index in [0.717, 1.165) is 11.8 Å².